The Labute approximate surface area is 475 Å². The zero-order valence-corrected chi connectivity index (χ0v) is 46.9. The summed E-state index contributed by atoms with van der Waals surface area (Å²) in [4.78, 5) is 26.2. The monoisotopic (exact) mass is 1060 g/mol. The lowest BCUT2D eigenvalue weighted by atomic mass is 9.86. The molecule has 4 aliphatic heterocycles. The Hall–Kier alpha value is -9.16. The van der Waals surface area contributed by atoms with Crippen molar-refractivity contribution in [3.8, 4) is 23.0 Å². The third kappa shape index (κ3) is 9.08. The minimum absolute atomic E-state index is 0.144. The highest BCUT2D eigenvalue weighted by molar-refractivity contribution is 5.92. The van der Waals surface area contributed by atoms with Crippen molar-refractivity contribution in [1.29, 1.82) is 0 Å². The summed E-state index contributed by atoms with van der Waals surface area (Å²) < 4.78 is 38.4. The minimum Gasteiger partial charge on any atom is -0.457 e. The first-order valence-electron chi connectivity index (χ1n) is 28.9. The van der Waals surface area contributed by atoms with Crippen molar-refractivity contribution >= 4 is 79.6 Å². The highest BCUT2D eigenvalue weighted by Crippen LogP contribution is 2.51. The molecule has 12 heteroatoms. The summed E-state index contributed by atoms with van der Waals surface area (Å²) >= 11 is 0. The summed E-state index contributed by atoms with van der Waals surface area (Å²) in [5.41, 5.74) is 18.7. The van der Waals surface area contributed by atoms with E-state index in [4.69, 9.17) is 13.6 Å². The lowest BCUT2D eigenvalue weighted by Crippen LogP contribution is -2.26. The Morgan fingerprint density at radius 2 is 0.762 bits per heavy atom. The van der Waals surface area contributed by atoms with E-state index in [1.807, 2.05) is 53.7 Å². The van der Waals surface area contributed by atoms with Crippen LogP contribution in [-0.2, 0) is 10.8 Å². The molecule has 9 aromatic rings. The van der Waals surface area contributed by atoms with E-state index in [0.717, 1.165) is 103 Å². The van der Waals surface area contributed by atoms with E-state index >= 15 is 0 Å². The molecule has 0 amide bonds. The summed E-state index contributed by atoms with van der Waals surface area (Å²) in [6.07, 6.45) is 7.08. The van der Waals surface area contributed by atoms with Crippen LogP contribution in [0.1, 0.15) is 67.9 Å². The predicted molar refractivity (Wildman–Crippen MR) is 330 cm³/mol. The molecule has 0 unspecified atom stereocenters. The van der Waals surface area contributed by atoms with Crippen LogP contribution in [0.25, 0.3) is 0 Å². The van der Waals surface area contributed by atoms with Crippen molar-refractivity contribution in [1.82, 2.24) is 9.97 Å². The number of pyridine rings is 2. The molecule has 0 saturated carbocycles. The summed E-state index contributed by atoms with van der Waals surface area (Å²) in [6, 6.07) is 55.4. The molecular formula is C68H68N10O2. The molecule has 12 nitrogen and oxygen atoms in total. The van der Waals surface area contributed by atoms with Crippen LogP contribution in [0, 0.1) is 13.8 Å². The van der Waals surface area contributed by atoms with E-state index in [0.29, 0.717) is 30.5 Å². The fraction of sp³-hybridized carbons (Fsp3) is 0.235. The molecule has 7 aromatic carbocycles. The first-order valence-corrected chi connectivity index (χ1v) is 27.4. The van der Waals surface area contributed by atoms with Crippen LogP contribution in [0.5, 0.6) is 23.0 Å². The van der Waals surface area contributed by atoms with Crippen molar-refractivity contribution in [2.75, 3.05) is 79.9 Å². The number of benzene rings is 7. The van der Waals surface area contributed by atoms with Gasteiger partial charge in [-0.15, -0.1) is 0 Å². The maximum absolute atomic E-state index is 8.23. The second kappa shape index (κ2) is 19.3. The van der Waals surface area contributed by atoms with Crippen LogP contribution in [0.15, 0.2) is 183 Å². The highest BCUT2D eigenvalue weighted by atomic mass is 16.5. The van der Waals surface area contributed by atoms with E-state index in [1.165, 1.54) is 16.0 Å². The van der Waals surface area contributed by atoms with Gasteiger partial charge in [-0.05, 0) is 144 Å². The lowest BCUT2D eigenvalue weighted by Gasteiger charge is -2.29. The number of hydrogen-bond donors (Lipinski definition) is 0. The zero-order valence-electron chi connectivity index (χ0n) is 49.9. The number of aryl methyl sites for hydroxylation is 2. The predicted octanol–water partition coefficient (Wildman–Crippen LogP) is 16.9. The topological polar surface area (TPSA) is 70.2 Å². The normalized spacial score (nSPS) is 15.4. The van der Waals surface area contributed by atoms with Gasteiger partial charge in [0, 0.05) is 88.9 Å². The number of rotatable bonds is 10. The van der Waals surface area contributed by atoms with Crippen LogP contribution < -0.4 is 48.7 Å². The molecule has 0 radical (unpaired) electrons. The molecule has 0 saturated heterocycles. The molecule has 0 N–H and O–H groups in total. The van der Waals surface area contributed by atoms with Gasteiger partial charge in [-0.2, -0.15) is 0 Å². The van der Waals surface area contributed by atoms with Gasteiger partial charge in [0.1, 0.15) is 36.3 Å². The van der Waals surface area contributed by atoms with Crippen LogP contribution in [-0.4, -0.2) is 50.7 Å². The van der Waals surface area contributed by atoms with Crippen LogP contribution in [0.3, 0.4) is 0 Å². The third-order valence-electron chi connectivity index (χ3n) is 15.9. The van der Waals surface area contributed by atoms with Gasteiger partial charge in [-0.3, -0.25) is 9.97 Å². The largest absolute Gasteiger partial charge is 0.457 e. The molecule has 0 fully saturated rings. The lowest BCUT2D eigenvalue weighted by molar-refractivity contribution is 0.478. The van der Waals surface area contributed by atoms with E-state index in [-0.39, 0.29) is 17.5 Å². The zero-order chi connectivity index (χ0) is 57.7. The van der Waals surface area contributed by atoms with Crippen LogP contribution in [0.4, 0.5) is 79.6 Å². The molecule has 0 aliphatic carbocycles. The van der Waals surface area contributed by atoms with Gasteiger partial charge in [0.2, 0.25) is 0 Å². The average Bonchev–Trinajstić information content (AvgIpc) is 4.42. The highest BCUT2D eigenvalue weighted by Gasteiger charge is 2.34. The second-order valence-electron chi connectivity index (χ2n) is 23.5. The SMILES string of the molecule is [2H]C([2H])([2H])N1CN(c2cccc(Oc3cc(N4CN(c5cc(C)c(N6CN(c7cc(Oc8cccc(N9CN(C)c%10cnccc%109)c8)cc(C(C)(C)C)c7)c7ccccc76)cc5C)c5ccccc54)cc(C(C)(C)C)c3)c2)c2ccncc21. The number of para-hydroxylation sites is 4. The summed E-state index contributed by atoms with van der Waals surface area (Å²) in [5, 5.41) is 0. The van der Waals surface area contributed by atoms with E-state index in [1.54, 1.807) is 12.4 Å². The molecule has 402 valence electrons. The van der Waals surface area contributed by atoms with Gasteiger partial charge in [-0.1, -0.05) is 77.9 Å². The van der Waals surface area contributed by atoms with Gasteiger partial charge in [-0.25, -0.2) is 0 Å². The number of hydrogen-bond acceptors (Lipinski definition) is 12. The van der Waals surface area contributed by atoms with E-state index in [2.05, 4.69) is 223 Å². The molecule has 0 spiro atoms. The van der Waals surface area contributed by atoms with Gasteiger partial charge < -0.3 is 48.7 Å². The van der Waals surface area contributed by atoms with E-state index < -0.39 is 6.98 Å². The van der Waals surface area contributed by atoms with Gasteiger partial charge in [0.15, 0.2) is 0 Å². The summed E-state index contributed by atoms with van der Waals surface area (Å²) in [6.45, 7) is 17.7. The molecule has 13 rings (SSSR count). The Balaban J connectivity index is 0.784. The first kappa shape index (κ1) is 46.9. The standard InChI is InChI=1S/C68H68N10O2/c1-45-29-64(78-44-76(58-22-12-14-24-60(58)78)52-32-48(68(6,7)8)34-56(38-52)80-54-20-16-18-50(36-54)74-42-72(10)66-40-70-28-26-62(66)74)46(2)30-63(45)77-43-75(57-21-11-13-23-59(57)77)51-31-47(67(3,4)5)33-55(37-51)79-53-19-15-17-49(35-53)73-41-71(9)65-39-69-27-25-61(65)73/h11-40H,41-44H2,1-10H3/i9D3. The van der Waals surface area contributed by atoms with Crippen molar-refractivity contribution in [2.45, 2.75) is 66.2 Å². The van der Waals surface area contributed by atoms with Crippen molar-refractivity contribution in [3.63, 3.8) is 0 Å². The number of ether oxygens (including phenoxy) is 2. The number of nitrogens with zero attached hydrogens (tertiary/aromatic N) is 10. The molecule has 80 heavy (non-hydrogen) atoms. The van der Waals surface area contributed by atoms with Crippen LogP contribution in [0.2, 0.25) is 0 Å². The van der Waals surface area contributed by atoms with Crippen molar-refractivity contribution in [3.05, 3.63) is 205 Å². The van der Waals surface area contributed by atoms with Crippen molar-refractivity contribution < 1.29 is 13.6 Å². The quantitative estimate of drug-likeness (QED) is 0.131. The Bertz CT molecular complexity index is 3990. The van der Waals surface area contributed by atoms with Crippen LogP contribution >= 0.6 is 0 Å². The molecule has 0 bridgehead atoms. The molecule has 6 heterocycles. The molecular weight excluding hydrogens is 989 g/mol. The van der Waals surface area contributed by atoms with Gasteiger partial charge >= 0.3 is 0 Å². The number of anilines is 14. The van der Waals surface area contributed by atoms with E-state index in [9.17, 15) is 0 Å². The Morgan fingerprint density at radius 3 is 1.20 bits per heavy atom. The fourth-order valence-corrected chi connectivity index (χ4v) is 11.6. The Kier molecular flexibility index (Phi) is 11.3. The number of aromatic nitrogens is 2. The fourth-order valence-electron chi connectivity index (χ4n) is 11.6. The smallest absolute Gasteiger partial charge is 0.129 e. The Morgan fingerprint density at radius 1 is 0.375 bits per heavy atom. The van der Waals surface area contributed by atoms with Crippen molar-refractivity contribution in [2.24, 2.45) is 0 Å². The minimum atomic E-state index is -2.32. The molecule has 4 aliphatic rings. The first-order chi connectivity index (χ1) is 39.7. The summed E-state index contributed by atoms with van der Waals surface area (Å²) in [5.74, 6) is 2.91. The molecule has 0 atom stereocenters. The molecule has 2 aromatic heterocycles. The summed E-state index contributed by atoms with van der Waals surface area (Å²) in [7, 11) is 2.09. The third-order valence-corrected chi connectivity index (χ3v) is 15.9. The van der Waals surface area contributed by atoms with Gasteiger partial charge in [0.05, 0.1) is 71.2 Å². The maximum atomic E-state index is 8.23. The average molecular weight is 1060 g/mol. The number of fused-ring (bicyclic) bond motifs is 4. The second-order valence-corrected chi connectivity index (χ2v) is 23.5. The van der Waals surface area contributed by atoms with Gasteiger partial charge in [0.25, 0.3) is 0 Å². The maximum Gasteiger partial charge on any atom is 0.129 e.